The average molecular weight is 281 g/mol. The van der Waals surface area contributed by atoms with Gasteiger partial charge in [-0.05, 0) is 36.2 Å². The van der Waals surface area contributed by atoms with Gasteiger partial charge in [-0.15, -0.1) is 0 Å². The zero-order valence-electron chi connectivity index (χ0n) is 12.2. The van der Waals surface area contributed by atoms with E-state index in [2.05, 4.69) is 17.0 Å². The summed E-state index contributed by atoms with van der Waals surface area (Å²) in [5, 5.41) is 0. The molecule has 0 aromatic heterocycles. The van der Waals surface area contributed by atoms with Crippen LogP contribution in [0, 0.1) is 0 Å². The highest BCUT2D eigenvalue weighted by Crippen LogP contribution is 2.28. The summed E-state index contributed by atoms with van der Waals surface area (Å²) < 4.78 is 5.28. The Kier molecular flexibility index (Phi) is 3.91. The fraction of sp³-hybridized carbons (Fsp3) is 0.278. The van der Waals surface area contributed by atoms with Crippen molar-refractivity contribution in [3.05, 3.63) is 59.7 Å². The molecule has 3 nitrogen and oxygen atoms in total. The minimum Gasteiger partial charge on any atom is -0.497 e. The van der Waals surface area contributed by atoms with Gasteiger partial charge in [0.2, 0.25) is 0 Å². The van der Waals surface area contributed by atoms with E-state index in [9.17, 15) is 4.79 Å². The number of hydrogen-bond donors (Lipinski definition) is 0. The van der Waals surface area contributed by atoms with E-state index in [4.69, 9.17) is 4.74 Å². The lowest BCUT2D eigenvalue weighted by Gasteiger charge is -2.24. The highest BCUT2D eigenvalue weighted by Gasteiger charge is 2.20. The van der Waals surface area contributed by atoms with Gasteiger partial charge in [0.25, 0.3) is 0 Å². The molecule has 2 aromatic rings. The second-order valence-electron chi connectivity index (χ2n) is 5.32. The number of rotatable bonds is 3. The molecule has 1 aliphatic rings. The number of carbonyl (C=O) groups is 1. The zero-order valence-corrected chi connectivity index (χ0v) is 12.2. The van der Waals surface area contributed by atoms with Gasteiger partial charge >= 0.3 is 0 Å². The zero-order chi connectivity index (χ0) is 14.7. The van der Waals surface area contributed by atoms with Crippen molar-refractivity contribution >= 4 is 11.5 Å². The van der Waals surface area contributed by atoms with E-state index in [1.807, 2.05) is 36.4 Å². The molecule has 1 aliphatic heterocycles. The van der Waals surface area contributed by atoms with Crippen LogP contribution in [-0.2, 0) is 6.54 Å². The third-order valence-electron chi connectivity index (χ3n) is 3.88. The van der Waals surface area contributed by atoms with Crippen molar-refractivity contribution in [1.82, 2.24) is 0 Å². The van der Waals surface area contributed by atoms with Gasteiger partial charge in [0.05, 0.1) is 7.11 Å². The molecular formula is C18H19NO2. The van der Waals surface area contributed by atoms with Crippen LogP contribution in [0.2, 0.25) is 0 Å². The second kappa shape index (κ2) is 6.00. The highest BCUT2D eigenvalue weighted by atomic mass is 16.5. The van der Waals surface area contributed by atoms with Crippen LogP contribution in [-0.4, -0.2) is 19.4 Å². The van der Waals surface area contributed by atoms with Crippen LogP contribution in [0.1, 0.15) is 28.8 Å². The van der Waals surface area contributed by atoms with Gasteiger partial charge in [-0.2, -0.15) is 0 Å². The minimum atomic E-state index is 0.249. The predicted octanol–water partition coefficient (Wildman–Crippen LogP) is 3.68. The molecule has 0 amide bonds. The molecule has 0 N–H and O–H groups in total. The Labute approximate surface area is 125 Å². The summed E-state index contributed by atoms with van der Waals surface area (Å²) in [6, 6.07) is 16.0. The average Bonchev–Trinajstić information content (AvgIpc) is 2.68. The molecule has 0 atom stereocenters. The Morgan fingerprint density at radius 3 is 2.86 bits per heavy atom. The summed E-state index contributed by atoms with van der Waals surface area (Å²) in [5.41, 5.74) is 3.08. The number of ketones is 1. The fourth-order valence-corrected chi connectivity index (χ4v) is 2.83. The Morgan fingerprint density at radius 1 is 1.14 bits per heavy atom. The summed E-state index contributed by atoms with van der Waals surface area (Å²) in [6.07, 6.45) is 1.53. The molecule has 0 fully saturated rings. The van der Waals surface area contributed by atoms with Gasteiger partial charge in [0, 0.05) is 30.8 Å². The molecule has 0 radical (unpaired) electrons. The molecule has 0 saturated carbocycles. The van der Waals surface area contributed by atoms with Crippen LogP contribution in [0.3, 0.4) is 0 Å². The maximum atomic E-state index is 12.2. The molecule has 3 rings (SSSR count). The van der Waals surface area contributed by atoms with E-state index in [0.29, 0.717) is 6.42 Å². The Balaban J connectivity index is 1.91. The Hall–Kier alpha value is -2.29. The molecule has 3 heteroatoms. The second-order valence-corrected chi connectivity index (χ2v) is 5.32. The fourth-order valence-electron chi connectivity index (χ4n) is 2.83. The lowest BCUT2D eigenvalue weighted by atomic mass is 10.1. The summed E-state index contributed by atoms with van der Waals surface area (Å²) in [4.78, 5) is 14.4. The normalized spacial score (nSPS) is 14.5. The molecule has 0 aliphatic carbocycles. The van der Waals surface area contributed by atoms with Crippen LogP contribution in [0.5, 0.6) is 5.75 Å². The first kappa shape index (κ1) is 13.7. The molecule has 21 heavy (non-hydrogen) atoms. The maximum absolute atomic E-state index is 12.2. The molecular weight excluding hydrogens is 262 g/mol. The van der Waals surface area contributed by atoms with Gasteiger partial charge in [-0.1, -0.05) is 24.3 Å². The van der Waals surface area contributed by atoms with Gasteiger partial charge < -0.3 is 9.64 Å². The smallest absolute Gasteiger partial charge is 0.165 e. The number of ether oxygens (including phenoxy) is 1. The molecule has 0 spiro atoms. The van der Waals surface area contributed by atoms with E-state index in [1.165, 1.54) is 5.56 Å². The number of hydrogen-bond acceptors (Lipinski definition) is 3. The van der Waals surface area contributed by atoms with Gasteiger partial charge in [0.1, 0.15) is 5.75 Å². The SMILES string of the molecule is COc1cccc(CN2CCCC(=O)c3ccccc32)c1. The summed E-state index contributed by atoms with van der Waals surface area (Å²) in [6.45, 7) is 1.70. The van der Waals surface area contributed by atoms with Crippen molar-refractivity contribution < 1.29 is 9.53 Å². The monoisotopic (exact) mass is 281 g/mol. The van der Waals surface area contributed by atoms with E-state index in [1.54, 1.807) is 7.11 Å². The van der Waals surface area contributed by atoms with E-state index >= 15 is 0 Å². The van der Waals surface area contributed by atoms with E-state index in [-0.39, 0.29) is 5.78 Å². The molecule has 1 heterocycles. The summed E-state index contributed by atoms with van der Waals surface area (Å²) >= 11 is 0. The topological polar surface area (TPSA) is 29.5 Å². The number of Topliss-reactive ketones (excluding diaryl/α,β-unsaturated/α-hetero) is 1. The number of para-hydroxylation sites is 1. The van der Waals surface area contributed by atoms with Crippen molar-refractivity contribution in [2.45, 2.75) is 19.4 Å². The highest BCUT2D eigenvalue weighted by molar-refractivity contribution is 6.01. The molecule has 0 bridgehead atoms. The minimum absolute atomic E-state index is 0.249. The standard InChI is InChI=1S/C18H19NO2/c1-21-15-7-4-6-14(12-15)13-19-11-5-10-18(20)16-8-2-3-9-17(16)19/h2-4,6-9,12H,5,10-11,13H2,1H3. The number of benzene rings is 2. The van der Waals surface area contributed by atoms with Crippen LogP contribution >= 0.6 is 0 Å². The third kappa shape index (κ3) is 2.92. The number of methoxy groups -OCH3 is 1. The van der Waals surface area contributed by atoms with Crippen molar-refractivity contribution in [3.8, 4) is 5.75 Å². The van der Waals surface area contributed by atoms with E-state index in [0.717, 1.165) is 36.5 Å². The first-order valence-corrected chi connectivity index (χ1v) is 7.28. The lowest BCUT2D eigenvalue weighted by molar-refractivity contribution is 0.0984. The van der Waals surface area contributed by atoms with Crippen LogP contribution in [0.4, 0.5) is 5.69 Å². The van der Waals surface area contributed by atoms with Crippen molar-refractivity contribution in [3.63, 3.8) is 0 Å². The number of anilines is 1. The lowest BCUT2D eigenvalue weighted by Crippen LogP contribution is -2.23. The predicted molar refractivity (Wildman–Crippen MR) is 84.1 cm³/mol. The number of nitrogens with zero attached hydrogens (tertiary/aromatic N) is 1. The van der Waals surface area contributed by atoms with Crippen LogP contribution in [0.15, 0.2) is 48.5 Å². The van der Waals surface area contributed by atoms with Gasteiger partial charge in [-0.25, -0.2) is 0 Å². The Bertz CT molecular complexity index is 651. The van der Waals surface area contributed by atoms with Crippen LogP contribution in [0.25, 0.3) is 0 Å². The molecule has 2 aromatic carbocycles. The maximum Gasteiger partial charge on any atom is 0.165 e. The number of carbonyl (C=O) groups excluding carboxylic acids is 1. The van der Waals surface area contributed by atoms with Crippen molar-refractivity contribution in [1.29, 1.82) is 0 Å². The third-order valence-corrected chi connectivity index (χ3v) is 3.88. The van der Waals surface area contributed by atoms with Crippen molar-refractivity contribution in [2.75, 3.05) is 18.6 Å². The first-order valence-electron chi connectivity index (χ1n) is 7.28. The number of fused-ring (bicyclic) bond motifs is 1. The van der Waals surface area contributed by atoms with Gasteiger partial charge in [-0.3, -0.25) is 4.79 Å². The van der Waals surface area contributed by atoms with Crippen molar-refractivity contribution in [2.24, 2.45) is 0 Å². The summed E-state index contributed by atoms with van der Waals surface area (Å²) in [5.74, 6) is 1.12. The van der Waals surface area contributed by atoms with Crippen LogP contribution < -0.4 is 9.64 Å². The summed E-state index contributed by atoms with van der Waals surface area (Å²) in [7, 11) is 1.68. The van der Waals surface area contributed by atoms with E-state index < -0.39 is 0 Å². The molecule has 0 saturated heterocycles. The largest absolute Gasteiger partial charge is 0.497 e. The molecule has 108 valence electrons. The molecule has 0 unspecified atom stereocenters. The quantitative estimate of drug-likeness (QED) is 0.859. The Morgan fingerprint density at radius 2 is 2.00 bits per heavy atom. The first-order chi connectivity index (χ1) is 10.3. The van der Waals surface area contributed by atoms with Gasteiger partial charge in [0.15, 0.2) is 5.78 Å².